The summed E-state index contributed by atoms with van der Waals surface area (Å²) in [5.74, 6) is -1.62. The van der Waals surface area contributed by atoms with Crippen LogP contribution in [-0.4, -0.2) is 0 Å². The van der Waals surface area contributed by atoms with Crippen molar-refractivity contribution in [1.82, 2.24) is 0 Å². The van der Waals surface area contributed by atoms with Gasteiger partial charge in [-0.1, -0.05) is 13.5 Å². The van der Waals surface area contributed by atoms with E-state index >= 15 is 0 Å². The van der Waals surface area contributed by atoms with E-state index in [0.29, 0.717) is 28.8 Å². The molecule has 0 atom stereocenters. The van der Waals surface area contributed by atoms with Crippen molar-refractivity contribution in [2.24, 2.45) is 0 Å². The molecule has 1 nitrogen and oxygen atoms in total. The molecule has 2 aromatic carbocycles. The van der Waals surface area contributed by atoms with Gasteiger partial charge in [-0.25, -0.2) is 13.2 Å². The van der Waals surface area contributed by atoms with Gasteiger partial charge in [0.05, 0.1) is 5.69 Å². The molecule has 0 aromatic heterocycles. The summed E-state index contributed by atoms with van der Waals surface area (Å²) >= 11 is 0. The van der Waals surface area contributed by atoms with E-state index in [1.54, 1.807) is 26.8 Å². The molecule has 0 bridgehead atoms. The van der Waals surface area contributed by atoms with Crippen LogP contribution in [0.1, 0.15) is 29.2 Å². The van der Waals surface area contributed by atoms with Gasteiger partial charge in [-0.05, 0) is 55.2 Å². The third-order valence-corrected chi connectivity index (χ3v) is 3.62. The molecule has 0 saturated heterocycles. The van der Waals surface area contributed by atoms with Crippen molar-refractivity contribution < 1.29 is 13.2 Å². The molecule has 0 spiro atoms. The van der Waals surface area contributed by atoms with E-state index in [0.717, 1.165) is 11.6 Å². The summed E-state index contributed by atoms with van der Waals surface area (Å²) in [6, 6.07) is 5.46. The van der Waals surface area contributed by atoms with Gasteiger partial charge in [0.25, 0.3) is 0 Å². The molecule has 0 aliphatic rings. The maximum Gasteiger partial charge on any atom is 0.149 e. The SMILES string of the molecule is C=C(Nc1cc(CC)c(F)cc1F)c1cc(C)cc(F)c1C. The van der Waals surface area contributed by atoms with Crippen molar-refractivity contribution in [3.05, 3.63) is 70.5 Å². The first-order valence-corrected chi connectivity index (χ1v) is 7.04. The van der Waals surface area contributed by atoms with E-state index < -0.39 is 11.6 Å². The molecule has 0 radical (unpaired) electrons. The van der Waals surface area contributed by atoms with Crippen molar-refractivity contribution in [3.8, 4) is 0 Å². The monoisotopic (exact) mass is 305 g/mol. The highest BCUT2D eigenvalue weighted by atomic mass is 19.1. The van der Waals surface area contributed by atoms with Crippen LogP contribution in [0.5, 0.6) is 0 Å². The number of halogens is 3. The van der Waals surface area contributed by atoms with Gasteiger partial charge < -0.3 is 5.32 Å². The molecule has 0 aliphatic heterocycles. The molecule has 0 fully saturated rings. The van der Waals surface area contributed by atoms with Crippen LogP contribution in [0, 0.1) is 31.3 Å². The van der Waals surface area contributed by atoms with E-state index in [1.807, 2.05) is 0 Å². The minimum atomic E-state index is -0.707. The first kappa shape index (κ1) is 16.1. The smallest absolute Gasteiger partial charge is 0.149 e. The molecule has 116 valence electrons. The maximum absolute atomic E-state index is 13.9. The molecular weight excluding hydrogens is 287 g/mol. The van der Waals surface area contributed by atoms with Gasteiger partial charge in [-0.15, -0.1) is 0 Å². The number of hydrogen-bond donors (Lipinski definition) is 1. The minimum absolute atomic E-state index is 0.129. The van der Waals surface area contributed by atoms with Gasteiger partial charge in [-0.2, -0.15) is 0 Å². The van der Waals surface area contributed by atoms with Crippen LogP contribution in [-0.2, 0) is 6.42 Å². The van der Waals surface area contributed by atoms with Crippen LogP contribution in [0.25, 0.3) is 5.70 Å². The normalized spacial score (nSPS) is 10.6. The number of benzene rings is 2. The third kappa shape index (κ3) is 3.16. The van der Waals surface area contributed by atoms with Gasteiger partial charge in [0.2, 0.25) is 0 Å². The lowest BCUT2D eigenvalue weighted by Crippen LogP contribution is -2.04. The zero-order chi connectivity index (χ0) is 16.4. The summed E-state index contributed by atoms with van der Waals surface area (Å²) in [6.07, 6.45) is 0.450. The highest BCUT2D eigenvalue weighted by molar-refractivity contribution is 5.77. The van der Waals surface area contributed by atoms with E-state index in [2.05, 4.69) is 11.9 Å². The molecule has 0 amide bonds. The molecular formula is C18H18F3N. The number of anilines is 1. The second-order valence-corrected chi connectivity index (χ2v) is 5.30. The maximum atomic E-state index is 13.9. The number of hydrogen-bond acceptors (Lipinski definition) is 1. The third-order valence-electron chi connectivity index (χ3n) is 3.62. The summed E-state index contributed by atoms with van der Waals surface area (Å²) in [5, 5.41) is 2.82. The summed E-state index contributed by atoms with van der Waals surface area (Å²) in [5.41, 5.74) is 2.65. The predicted octanol–water partition coefficient (Wildman–Crippen LogP) is 5.37. The van der Waals surface area contributed by atoms with E-state index in [9.17, 15) is 13.2 Å². The number of rotatable bonds is 4. The molecule has 2 rings (SSSR count). The van der Waals surface area contributed by atoms with Crippen LogP contribution in [0.3, 0.4) is 0 Å². The topological polar surface area (TPSA) is 12.0 Å². The van der Waals surface area contributed by atoms with Gasteiger partial charge in [0, 0.05) is 17.3 Å². The van der Waals surface area contributed by atoms with Crippen LogP contribution < -0.4 is 5.32 Å². The predicted molar refractivity (Wildman–Crippen MR) is 84.3 cm³/mol. The second kappa shape index (κ2) is 6.26. The fourth-order valence-electron chi connectivity index (χ4n) is 2.32. The highest BCUT2D eigenvalue weighted by Crippen LogP contribution is 2.26. The first-order chi connectivity index (χ1) is 10.3. The number of aryl methyl sites for hydroxylation is 2. The second-order valence-electron chi connectivity index (χ2n) is 5.30. The Morgan fingerprint density at radius 3 is 2.32 bits per heavy atom. The van der Waals surface area contributed by atoms with Gasteiger partial charge in [-0.3, -0.25) is 0 Å². The Kier molecular flexibility index (Phi) is 4.59. The number of nitrogens with one attached hydrogen (secondary N) is 1. The standard InChI is InChI=1S/C18H18F3N/c1-5-13-8-18(17(21)9-16(13)20)22-12(4)14-6-10(2)7-15(19)11(14)3/h6-9,22H,4-5H2,1-3H3. The molecule has 0 unspecified atom stereocenters. The van der Waals surface area contributed by atoms with Crippen LogP contribution in [0.15, 0.2) is 30.8 Å². The lowest BCUT2D eigenvalue weighted by atomic mass is 10.0. The average molecular weight is 305 g/mol. The van der Waals surface area contributed by atoms with Gasteiger partial charge >= 0.3 is 0 Å². The Morgan fingerprint density at radius 2 is 1.68 bits per heavy atom. The van der Waals surface area contributed by atoms with E-state index in [4.69, 9.17) is 0 Å². The van der Waals surface area contributed by atoms with Crippen molar-refractivity contribution in [1.29, 1.82) is 0 Å². The summed E-state index contributed by atoms with van der Waals surface area (Å²) < 4.78 is 41.2. The Labute approximate surface area is 128 Å². The zero-order valence-corrected chi connectivity index (χ0v) is 12.9. The van der Waals surface area contributed by atoms with Crippen molar-refractivity contribution in [2.45, 2.75) is 27.2 Å². The van der Waals surface area contributed by atoms with Gasteiger partial charge in [0.15, 0.2) is 0 Å². The molecule has 22 heavy (non-hydrogen) atoms. The van der Waals surface area contributed by atoms with E-state index in [-0.39, 0.29) is 11.5 Å². The molecule has 0 aliphatic carbocycles. The average Bonchev–Trinajstić information content (AvgIpc) is 2.45. The lowest BCUT2D eigenvalue weighted by molar-refractivity contribution is 0.576. The quantitative estimate of drug-likeness (QED) is 0.801. The summed E-state index contributed by atoms with van der Waals surface area (Å²) in [7, 11) is 0. The summed E-state index contributed by atoms with van der Waals surface area (Å²) in [4.78, 5) is 0. The molecule has 4 heteroatoms. The highest BCUT2D eigenvalue weighted by Gasteiger charge is 2.13. The van der Waals surface area contributed by atoms with Crippen molar-refractivity contribution in [3.63, 3.8) is 0 Å². The minimum Gasteiger partial charge on any atom is -0.353 e. The Morgan fingerprint density at radius 1 is 1.00 bits per heavy atom. The Hall–Kier alpha value is -2.23. The summed E-state index contributed by atoms with van der Waals surface area (Å²) in [6.45, 7) is 9.04. The molecule has 1 N–H and O–H groups in total. The lowest BCUT2D eigenvalue weighted by Gasteiger charge is -2.15. The fourth-order valence-corrected chi connectivity index (χ4v) is 2.32. The largest absolute Gasteiger partial charge is 0.353 e. The van der Waals surface area contributed by atoms with Gasteiger partial charge in [0.1, 0.15) is 17.5 Å². The Bertz CT molecular complexity index is 736. The molecule has 0 heterocycles. The first-order valence-electron chi connectivity index (χ1n) is 7.04. The zero-order valence-electron chi connectivity index (χ0n) is 12.9. The van der Waals surface area contributed by atoms with Crippen LogP contribution >= 0.6 is 0 Å². The van der Waals surface area contributed by atoms with Crippen molar-refractivity contribution in [2.75, 3.05) is 5.32 Å². The van der Waals surface area contributed by atoms with E-state index in [1.165, 1.54) is 12.1 Å². The Balaban J connectivity index is 2.38. The molecule has 0 saturated carbocycles. The van der Waals surface area contributed by atoms with Crippen LogP contribution in [0.4, 0.5) is 18.9 Å². The van der Waals surface area contributed by atoms with Crippen LogP contribution in [0.2, 0.25) is 0 Å². The van der Waals surface area contributed by atoms with Crippen molar-refractivity contribution >= 4 is 11.4 Å². The fraction of sp³-hybridized carbons (Fsp3) is 0.222. The molecule has 2 aromatic rings.